The van der Waals surface area contributed by atoms with E-state index in [0.29, 0.717) is 30.5 Å². The zero-order valence-electron chi connectivity index (χ0n) is 7.79. The van der Waals surface area contributed by atoms with E-state index in [1.807, 2.05) is 0 Å². The Labute approximate surface area is 81.9 Å². The highest BCUT2D eigenvalue weighted by Crippen LogP contribution is 2.26. The van der Waals surface area contributed by atoms with Crippen molar-refractivity contribution in [2.45, 2.75) is 12.8 Å². The van der Waals surface area contributed by atoms with Crippen LogP contribution in [0.25, 0.3) is 0 Å². The fourth-order valence-electron chi connectivity index (χ4n) is 1.94. The van der Waals surface area contributed by atoms with Crippen LogP contribution in [0.4, 0.5) is 4.39 Å². The molecule has 0 amide bonds. The summed E-state index contributed by atoms with van der Waals surface area (Å²) in [5.74, 6) is -0.399. The molecule has 1 unspecified atom stereocenters. The summed E-state index contributed by atoms with van der Waals surface area (Å²) in [5, 5.41) is 0. The molecule has 1 aliphatic rings. The zero-order valence-corrected chi connectivity index (χ0v) is 7.79. The van der Waals surface area contributed by atoms with Gasteiger partial charge in [0, 0.05) is 18.0 Å². The standard InChI is InChI=1S/C11H12FNO/c12-10-3-1-2-9-8(10)5-4-7(6-13)11(9)14/h1-3,7H,4-6,13H2. The van der Waals surface area contributed by atoms with Crippen molar-refractivity contribution in [3.63, 3.8) is 0 Å². The van der Waals surface area contributed by atoms with Gasteiger partial charge in [0.25, 0.3) is 0 Å². The Morgan fingerprint density at radius 1 is 1.50 bits per heavy atom. The van der Waals surface area contributed by atoms with Crippen molar-refractivity contribution in [3.8, 4) is 0 Å². The van der Waals surface area contributed by atoms with Crippen molar-refractivity contribution in [3.05, 3.63) is 35.1 Å². The van der Waals surface area contributed by atoms with Crippen LogP contribution in [0.2, 0.25) is 0 Å². The molecule has 0 spiro atoms. The van der Waals surface area contributed by atoms with Gasteiger partial charge in [-0.25, -0.2) is 4.39 Å². The highest BCUT2D eigenvalue weighted by molar-refractivity contribution is 6.00. The Hall–Kier alpha value is -1.22. The minimum atomic E-state index is -0.272. The number of carbonyl (C=O) groups excluding carboxylic acids is 1. The fraction of sp³-hybridized carbons (Fsp3) is 0.364. The van der Waals surface area contributed by atoms with E-state index < -0.39 is 0 Å². The molecule has 1 aromatic rings. The summed E-state index contributed by atoms with van der Waals surface area (Å²) in [6, 6.07) is 4.66. The number of hydrogen-bond donors (Lipinski definition) is 1. The summed E-state index contributed by atoms with van der Waals surface area (Å²) in [6.07, 6.45) is 1.29. The number of halogens is 1. The Bertz CT molecular complexity index is 376. The topological polar surface area (TPSA) is 43.1 Å². The van der Waals surface area contributed by atoms with E-state index >= 15 is 0 Å². The maximum Gasteiger partial charge on any atom is 0.167 e. The summed E-state index contributed by atoms with van der Waals surface area (Å²) in [4.78, 5) is 11.8. The molecule has 2 rings (SSSR count). The Morgan fingerprint density at radius 2 is 2.29 bits per heavy atom. The normalized spacial score (nSPS) is 20.7. The van der Waals surface area contributed by atoms with Gasteiger partial charge in [-0.05, 0) is 24.5 Å². The predicted molar refractivity (Wildman–Crippen MR) is 51.6 cm³/mol. The van der Waals surface area contributed by atoms with Gasteiger partial charge in [-0.1, -0.05) is 12.1 Å². The van der Waals surface area contributed by atoms with E-state index in [-0.39, 0.29) is 17.5 Å². The summed E-state index contributed by atoms with van der Waals surface area (Å²) in [6.45, 7) is 0.356. The molecular formula is C11H12FNO. The van der Waals surface area contributed by atoms with Crippen molar-refractivity contribution in [1.29, 1.82) is 0 Å². The molecule has 0 fully saturated rings. The lowest BCUT2D eigenvalue weighted by molar-refractivity contribution is 0.0906. The average molecular weight is 193 g/mol. The largest absolute Gasteiger partial charge is 0.330 e. The van der Waals surface area contributed by atoms with Crippen LogP contribution in [0.1, 0.15) is 22.3 Å². The first-order valence-electron chi connectivity index (χ1n) is 4.75. The van der Waals surface area contributed by atoms with Gasteiger partial charge < -0.3 is 5.73 Å². The number of benzene rings is 1. The van der Waals surface area contributed by atoms with E-state index in [1.165, 1.54) is 6.07 Å². The molecule has 14 heavy (non-hydrogen) atoms. The molecule has 0 aliphatic heterocycles. The van der Waals surface area contributed by atoms with Crippen molar-refractivity contribution in [2.24, 2.45) is 11.7 Å². The summed E-state index contributed by atoms with van der Waals surface area (Å²) in [7, 11) is 0. The molecule has 0 bridgehead atoms. The highest BCUT2D eigenvalue weighted by Gasteiger charge is 2.27. The Kier molecular flexibility index (Phi) is 2.33. The first-order valence-corrected chi connectivity index (χ1v) is 4.75. The second-order valence-corrected chi connectivity index (χ2v) is 3.60. The number of rotatable bonds is 1. The minimum Gasteiger partial charge on any atom is -0.330 e. The quantitative estimate of drug-likeness (QED) is 0.735. The van der Waals surface area contributed by atoms with Crippen molar-refractivity contribution < 1.29 is 9.18 Å². The van der Waals surface area contributed by atoms with Gasteiger partial charge in [0.05, 0.1) is 0 Å². The van der Waals surface area contributed by atoms with Gasteiger partial charge >= 0.3 is 0 Å². The van der Waals surface area contributed by atoms with Crippen LogP contribution in [-0.2, 0) is 6.42 Å². The molecule has 2 nitrogen and oxygen atoms in total. The van der Waals surface area contributed by atoms with Gasteiger partial charge in [-0.3, -0.25) is 4.79 Å². The molecule has 0 saturated heterocycles. The van der Waals surface area contributed by atoms with Crippen LogP contribution < -0.4 is 5.73 Å². The van der Waals surface area contributed by atoms with Gasteiger partial charge in [0.15, 0.2) is 5.78 Å². The number of fused-ring (bicyclic) bond motifs is 1. The molecule has 0 aromatic heterocycles. The fourth-order valence-corrected chi connectivity index (χ4v) is 1.94. The van der Waals surface area contributed by atoms with Crippen molar-refractivity contribution >= 4 is 5.78 Å². The van der Waals surface area contributed by atoms with Gasteiger partial charge in [0.2, 0.25) is 0 Å². The van der Waals surface area contributed by atoms with Crippen LogP contribution >= 0.6 is 0 Å². The lowest BCUT2D eigenvalue weighted by Gasteiger charge is -2.22. The number of nitrogens with two attached hydrogens (primary N) is 1. The maximum absolute atomic E-state index is 13.3. The van der Waals surface area contributed by atoms with Crippen LogP contribution in [0.15, 0.2) is 18.2 Å². The van der Waals surface area contributed by atoms with Crippen molar-refractivity contribution in [1.82, 2.24) is 0 Å². The predicted octanol–water partition coefficient (Wildman–Crippen LogP) is 1.53. The van der Waals surface area contributed by atoms with Crippen LogP contribution in [-0.4, -0.2) is 12.3 Å². The van der Waals surface area contributed by atoms with Gasteiger partial charge in [-0.2, -0.15) is 0 Å². The number of ketones is 1. The molecule has 1 aliphatic carbocycles. The monoisotopic (exact) mass is 193 g/mol. The second kappa shape index (κ2) is 3.50. The summed E-state index contributed by atoms with van der Waals surface area (Å²) < 4.78 is 13.3. The SMILES string of the molecule is NCC1CCc2c(F)cccc2C1=O. The summed E-state index contributed by atoms with van der Waals surface area (Å²) in [5.41, 5.74) is 6.55. The molecule has 1 atom stereocenters. The Morgan fingerprint density at radius 3 is 3.00 bits per heavy atom. The molecule has 1 aromatic carbocycles. The van der Waals surface area contributed by atoms with Crippen LogP contribution in [0.5, 0.6) is 0 Å². The average Bonchev–Trinajstić information content (AvgIpc) is 2.20. The lowest BCUT2D eigenvalue weighted by atomic mass is 9.82. The molecule has 2 N–H and O–H groups in total. The Balaban J connectivity index is 2.46. The van der Waals surface area contributed by atoms with E-state index in [2.05, 4.69) is 0 Å². The minimum absolute atomic E-state index is 0.00625. The van der Waals surface area contributed by atoms with E-state index in [4.69, 9.17) is 5.73 Å². The first kappa shape index (κ1) is 9.34. The number of carbonyl (C=O) groups is 1. The summed E-state index contributed by atoms with van der Waals surface area (Å²) >= 11 is 0. The smallest absolute Gasteiger partial charge is 0.167 e. The number of hydrogen-bond acceptors (Lipinski definition) is 2. The van der Waals surface area contributed by atoms with E-state index in [0.717, 1.165) is 0 Å². The van der Waals surface area contributed by atoms with Gasteiger partial charge in [0.1, 0.15) is 5.82 Å². The first-order chi connectivity index (χ1) is 6.74. The van der Waals surface area contributed by atoms with Crippen LogP contribution in [0, 0.1) is 11.7 Å². The van der Waals surface area contributed by atoms with E-state index in [9.17, 15) is 9.18 Å². The molecular weight excluding hydrogens is 181 g/mol. The molecule has 0 radical (unpaired) electrons. The third kappa shape index (κ3) is 1.34. The highest BCUT2D eigenvalue weighted by atomic mass is 19.1. The molecule has 74 valence electrons. The maximum atomic E-state index is 13.3. The van der Waals surface area contributed by atoms with Crippen LogP contribution in [0.3, 0.4) is 0 Å². The zero-order chi connectivity index (χ0) is 10.1. The lowest BCUT2D eigenvalue weighted by Crippen LogP contribution is -2.29. The van der Waals surface area contributed by atoms with Gasteiger partial charge in [-0.15, -0.1) is 0 Å². The number of Topliss-reactive ketones (excluding diaryl/α,β-unsaturated/α-hetero) is 1. The third-order valence-corrected chi connectivity index (χ3v) is 2.78. The molecule has 0 saturated carbocycles. The third-order valence-electron chi connectivity index (χ3n) is 2.78. The molecule has 3 heteroatoms. The van der Waals surface area contributed by atoms with Crippen molar-refractivity contribution in [2.75, 3.05) is 6.54 Å². The molecule has 0 heterocycles. The second-order valence-electron chi connectivity index (χ2n) is 3.60. The van der Waals surface area contributed by atoms with E-state index in [1.54, 1.807) is 12.1 Å².